The molecule has 0 spiro atoms. The lowest BCUT2D eigenvalue weighted by Gasteiger charge is -2.25. The zero-order valence-electron chi connectivity index (χ0n) is 19.9. The van der Waals surface area contributed by atoms with E-state index in [1.807, 2.05) is 24.3 Å². The molecule has 1 heterocycles. The van der Waals surface area contributed by atoms with Gasteiger partial charge >= 0.3 is 0 Å². The summed E-state index contributed by atoms with van der Waals surface area (Å²) in [7, 11) is -2.34. The van der Waals surface area contributed by atoms with Crippen LogP contribution in [0, 0.1) is 0 Å². The third kappa shape index (κ3) is 5.12. The van der Waals surface area contributed by atoms with Crippen LogP contribution in [0.15, 0.2) is 125 Å². The summed E-state index contributed by atoms with van der Waals surface area (Å²) in [4.78, 5) is 5.28. The van der Waals surface area contributed by atoms with E-state index in [1.54, 1.807) is 11.8 Å². The predicted octanol–water partition coefficient (Wildman–Crippen LogP) is 4.12. The van der Waals surface area contributed by atoms with E-state index in [9.17, 15) is 0 Å². The summed E-state index contributed by atoms with van der Waals surface area (Å²) in [6.07, 6.45) is 1.05. The summed E-state index contributed by atoms with van der Waals surface area (Å²) in [5, 5.41) is 5.35. The molecule has 0 radical (unpaired) electrons. The maximum absolute atomic E-state index is 6.55. The maximum Gasteiger partial charge on any atom is 0.251 e. The minimum atomic E-state index is -2.34. The molecule has 2 nitrogen and oxygen atoms in total. The first-order valence-corrected chi connectivity index (χ1v) is 14.8. The molecule has 0 atom stereocenters. The Hall–Kier alpha value is -2.55. The molecule has 0 amide bonds. The summed E-state index contributed by atoms with van der Waals surface area (Å²) in [6.45, 7) is 2.19. The molecule has 0 aliphatic heterocycles. The molecule has 5 rings (SSSR count). The van der Waals surface area contributed by atoms with Crippen molar-refractivity contribution in [2.24, 2.45) is 0 Å². The third-order valence-electron chi connectivity index (χ3n) is 5.86. The lowest BCUT2D eigenvalue weighted by molar-refractivity contribution is -0.00000718. The average molecular weight is 550 g/mol. The van der Waals surface area contributed by atoms with Gasteiger partial charge < -0.3 is 16.8 Å². The van der Waals surface area contributed by atoms with Crippen molar-refractivity contribution < 1.29 is 16.8 Å². The van der Waals surface area contributed by atoms with Crippen molar-refractivity contribution in [2.45, 2.75) is 18.4 Å². The van der Waals surface area contributed by atoms with Gasteiger partial charge in [-0.15, -0.1) is 0 Å². The minimum Gasteiger partial charge on any atom is -1.00 e. The van der Waals surface area contributed by atoms with E-state index >= 15 is 0 Å². The summed E-state index contributed by atoms with van der Waals surface area (Å²) >= 11 is 7.92. The van der Waals surface area contributed by atoms with Crippen LogP contribution in [0.4, 0.5) is 0 Å². The largest absolute Gasteiger partial charge is 1.00 e. The van der Waals surface area contributed by atoms with E-state index in [0.717, 1.165) is 28.3 Å². The first kappa shape index (κ1) is 26.5. The molecular formula is C30H26Cl2NOPS. The van der Waals surface area contributed by atoms with Crippen LogP contribution in [0.2, 0.25) is 5.02 Å². The summed E-state index contributed by atoms with van der Waals surface area (Å²) in [6, 6.07) is 40.1. The molecule has 182 valence electrons. The van der Waals surface area contributed by atoms with Crippen LogP contribution in [-0.4, -0.2) is 10.7 Å². The van der Waals surface area contributed by atoms with E-state index in [-0.39, 0.29) is 12.4 Å². The number of oxazole rings is 1. The topological polar surface area (TPSA) is 26.0 Å². The normalized spacial score (nSPS) is 11.2. The summed E-state index contributed by atoms with van der Waals surface area (Å²) < 4.78 is 6.55. The number of nitrogens with zero attached hydrogens (tertiary/aromatic N) is 1. The van der Waals surface area contributed by atoms with E-state index in [1.165, 1.54) is 15.9 Å². The average Bonchev–Trinajstić information content (AvgIpc) is 3.34. The van der Waals surface area contributed by atoms with Crippen molar-refractivity contribution in [1.82, 2.24) is 4.98 Å². The number of hydrogen-bond acceptors (Lipinski definition) is 3. The molecule has 0 saturated carbocycles. The van der Waals surface area contributed by atoms with Crippen molar-refractivity contribution in [3.63, 3.8) is 0 Å². The first-order chi connectivity index (χ1) is 17.2. The highest BCUT2D eigenvalue weighted by molar-refractivity contribution is 8.04. The van der Waals surface area contributed by atoms with E-state index < -0.39 is 7.26 Å². The number of rotatable bonds is 8. The van der Waals surface area contributed by atoms with Crippen molar-refractivity contribution in [3.05, 3.63) is 120 Å². The van der Waals surface area contributed by atoms with E-state index in [2.05, 4.69) is 97.9 Å². The SMILES string of the molecule is CCCSc1oc(-c2ccc(Cl)cc2)nc1[P+](c1ccccc1)(c1ccccc1)c1ccccc1.[Cl-]. The highest BCUT2D eigenvalue weighted by Crippen LogP contribution is 2.56. The molecule has 0 bridgehead atoms. The second-order valence-electron chi connectivity index (χ2n) is 8.16. The summed E-state index contributed by atoms with van der Waals surface area (Å²) in [5.74, 6) is 1.59. The Balaban J connectivity index is 0.00000304. The van der Waals surface area contributed by atoms with Crippen LogP contribution in [-0.2, 0) is 0 Å². The van der Waals surface area contributed by atoms with E-state index in [0.29, 0.717) is 10.9 Å². The Morgan fingerprint density at radius 3 is 1.64 bits per heavy atom. The van der Waals surface area contributed by atoms with Gasteiger partial charge in [-0.1, -0.05) is 84.9 Å². The molecule has 0 fully saturated rings. The number of halogens is 2. The molecule has 36 heavy (non-hydrogen) atoms. The molecule has 0 aliphatic carbocycles. The Morgan fingerprint density at radius 2 is 1.19 bits per heavy atom. The van der Waals surface area contributed by atoms with Crippen LogP contribution < -0.4 is 33.8 Å². The van der Waals surface area contributed by atoms with Gasteiger partial charge in [-0.25, -0.2) is 0 Å². The quantitative estimate of drug-likeness (QED) is 0.215. The highest BCUT2D eigenvalue weighted by atomic mass is 35.5. The van der Waals surface area contributed by atoms with Crippen molar-refractivity contribution >= 4 is 52.0 Å². The molecule has 6 heteroatoms. The highest BCUT2D eigenvalue weighted by Gasteiger charge is 2.52. The van der Waals surface area contributed by atoms with Gasteiger partial charge in [-0.2, -0.15) is 4.98 Å². The predicted molar refractivity (Wildman–Crippen MR) is 153 cm³/mol. The fraction of sp³-hybridized carbons (Fsp3) is 0.100. The molecule has 0 aliphatic rings. The Kier molecular flexibility index (Phi) is 8.93. The molecule has 1 aromatic heterocycles. The lowest BCUT2D eigenvalue weighted by atomic mass is 10.2. The van der Waals surface area contributed by atoms with Crippen molar-refractivity contribution in [2.75, 3.05) is 5.75 Å². The second-order valence-corrected chi connectivity index (χ2v) is 13.0. The van der Waals surface area contributed by atoms with Gasteiger partial charge in [-0.3, -0.25) is 0 Å². The number of hydrogen-bond donors (Lipinski definition) is 0. The monoisotopic (exact) mass is 549 g/mol. The number of benzene rings is 4. The van der Waals surface area contributed by atoms with Crippen molar-refractivity contribution in [1.29, 1.82) is 0 Å². The molecule has 0 N–H and O–H groups in total. The van der Waals surface area contributed by atoms with Crippen LogP contribution in [0.3, 0.4) is 0 Å². The van der Waals surface area contributed by atoms with Crippen LogP contribution in [0.5, 0.6) is 0 Å². The smallest absolute Gasteiger partial charge is 0.251 e. The Morgan fingerprint density at radius 1 is 0.722 bits per heavy atom. The fourth-order valence-corrected chi connectivity index (χ4v) is 9.76. The third-order valence-corrected chi connectivity index (χ3v) is 11.6. The minimum absolute atomic E-state index is 0. The molecule has 0 unspecified atom stereocenters. The van der Waals surface area contributed by atoms with Crippen LogP contribution in [0.1, 0.15) is 13.3 Å². The number of aromatic nitrogens is 1. The van der Waals surface area contributed by atoms with Gasteiger partial charge in [0.15, 0.2) is 7.26 Å². The molecular weight excluding hydrogens is 524 g/mol. The van der Waals surface area contributed by atoms with Gasteiger partial charge in [0.2, 0.25) is 11.0 Å². The fourth-order valence-electron chi connectivity index (χ4n) is 4.28. The lowest BCUT2D eigenvalue weighted by Crippen LogP contribution is -3.00. The maximum atomic E-state index is 6.55. The molecule has 5 aromatic rings. The van der Waals surface area contributed by atoms with Gasteiger partial charge in [-0.05, 0) is 67.1 Å². The number of thioether (sulfide) groups is 1. The van der Waals surface area contributed by atoms with Crippen LogP contribution >= 0.6 is 30.6 Å². The zero-order chi connectivity index (χ0) is 24.1. The van der Waals surface area contributed by atoms with Gasteiger partial charge in [0.25, 0.3) is 5.44 Å². The van der Waals surface area contributed by atoms with Crippen molar-refractivity contribution in [3.8, 4) is 11.5 Å². The van der Waals surface area contributed by atoms with Gasteiger partial charge in [0, 0.05) is 16.3 Å². The summed E-state index contributed by atoms with van der Waals surface area (Å²) in [5.41, 5.74) is 1.94. The second kappa shape index (κ2) is 12.1. The molecule has 4 aromatic carbocycles. The standard InChI is InChI=1S/C30H26ClNOPS.ClH/c1-2-22-35-30-29(32-28(33-30)23-18-20-24(31)21-19-23)34(25-12-6-3-7-13-25,26-14-8-4-9-15-26)27-16-10-5-11-17-27;/h3-21H,2,22H2,1H3;1H/q+1;/p-1. The van der Waals surface area contributed by atoms with Gasteiger partial charge in [0.05, 0.1) is 0 Å². The van der Waals surface area contributed by atoms with E-state index in [4.69, 9.17) is 21.0 Å². The van der Waals surface area contributed by atoms with Crippen LogP contribution in [0.25, 0.3) is 11.5 Å². The molecule has 0 saturated heterocycles. The Labute approximate surface area is 228 Å². The first-order valence-electron chi connectivity index (χ1n) is 11.7. The zero-order valence-corrected chi connectivity index (χ0v) is 23.1. The Bertz CT molecular complexity index is 1280. The van der Waals surface area contributed by atoms with Gasteiger partial charge in [0.1, 0.15) is 15.9 Å².